The minimum atomic E-state index is 0.195. The summed E-state index contributed by atoms with van der Waals surface area (Å²) in [7, 11) is 0. The van der Waals surface area contributed by atoms with Crippen molar-refractivity contribution in [1.29, 1.82) is 0 Å². The van der Waals surface area contributed by atoms with Crippen LogP contribution in [0.3, 0.4) is 0 Å². The fraction of sp³-hybridized carbons (Fsp3) is 0.312. The lowest BCUT2D eigenvalue weighted by Gasteiger charge is -2.18. The van der Waals surface area contributed by atoms with Crippen molar-refractivity contribution in [2.45, 2.75) is 31.7 Å². The Kier molecular flexibility index (Phi) is 4.48. The van der Waals surface area contributed by atoms with Crippen molar-refractivity contribution in [3.8, 4) is 0 Å². The van der Waals surface area contributed by atoms with Crippen molar-refractivity contribution in [3.63, 3.8) is 0 Å². The smallest absolute Gasteiger partial charge is 0.0438 e. The Morgan fingerprint density at radius 2 is 1.78 bits per heavy atom. The van der Waals surface area contributed by atoms with Crippen LogP contribution in [0.2, 0.25) is 0 Å². The maximum absolute atomic E-state index is 5.96. The molecule has 0 saturated carbocycles. The molecule has 0 saturated heterocycles. The van der Waals surface area contributed by atoms with E-state index in [1.807, 2.05) is 24.4 Å². The molecule has 2 aromatic rings. The van der Waals surface area contributed by atoms with E-state index in [9.17, 15) is 0 Å². The molecule has 1 aromatic heterocycles. The molecule has 2 atom stereocenters. The van der Waals surface area contributed by atoms with Crippen LogP contribution in [0.1, 0.15) is 30.5 Å². The summed E-state index contributed by atoms with van der Waals surface area (Å²) in [6, 6.07) is 16.8. The summed E-state index contributed by atoms with van der Waals surface area (Å²) in [5.41, 5.74) is 8.44. The van der Waals surface area contributed by atoms with E-state index in [2.05, 4.69) is 42.2 Å². The van der Waals surface area contributed by atoms with E-state index in [0.29, 0.717) is 5.92 Å². The van der Waals surface area contributed by atoms with Crippen molar-refractivity contribution in [3.05, 3.63) is 66.0 Å². The van der Waals surface area contributed by atoms with Crippen molar-refractivity contribution >= 4 is 0 Å². The maximum atomic E-state index is 5.96. The van der Waals surface area contributed by atoms with Crippen LogP contribution in [0.25, 0.3) is 0 Å². The van der Waals surface area contributed by atoms with Gasteiger partial charge in [-0.25, -0.2) is 0 Å². The minimum absolute atomic E-state index is 0.195. The standard InChI is InChI=1S/C16H20N2/c1-13(17)11-15(16-9-5-6-10-18-16)12-14-7-3-2-4-8-14/h2-10,13,15H,11-12,17H2,1H3. The summed E-state index contributed by atoms with van der Waals surface area (Å²) in [6.07, 6.45) is 3.82. The first-order valence-electron chi connectivity index (χ1n) is 6.46. The van der Waals surface area contributed by atoms with Crippen LogP contribution in [-0.2, 0) is 6.42 Å². The Morgan fingerprint density at radius 3 is 2.39 bits per heavy atom. The Labute approximate surface area is 109 Å². The van der Waals surface area contributed by atoms with E-state index in [1.54, 1.807) is 0 Å². The highest BCUT2D eigenvalue weighted by atomic mass is 14.7. The van der Waals surface area contributed by atoms with Crippen molar-refractivity contribution < 1.29 is 0 Å². The molecule has 0 radical (unpaired) electrons. The summed E-state index contributed by atoms with van der Waals surface area (Å²) >= 11 is 0. The Bertz CT molecular complexity index is 451. The molecular formula is C16H20N2. The zero-order valence-corrected chi connectivity index (χ0v) is 10.8. The normalized spacial score (nSPS) is 14.1. The second-order valence-corrected chi connectivity index (χ2v) is 4.85. The molecule has 0 bridgehead atoms. The highest BCUT2D eigenvalue weighted by Crippen LogP contribution is 2.23. The first-order chi connectivity index (χ1) is 8.75. The number of pyridine rings is 1. The number of nitrogens with zero attached hydrogens (tertiary/aromatic N) is 1. The van der Waals surface area contributed by atoms with Crippen molar-refractivity contribution in [1.82, 2.24) is 4.98 Å². The van der Waals surface area contributed by atoms with Gasteiger partial charge in [0.25, 0.3) is 0 Å². The predicted octanol–water partition coefficient (Wildman–Crippen LogP) is 3.15. The third-order valence-corrected chi connectivity index (χ3v) is 3.09. The molecule has 2 rings (SSSR count). The summed E-state index contributed by atoms with van der Waals surface area (Å²) in [5, 5.41) is 0. The van der Waals surface area contributed by atoms with Gasteiger partial charge in [-0.3, -0.25) is 4.98 Å². The molecule has 0 aliphatic rings. The lowest BCUT2D eigenvalue weighted by Crippen LogP contribution is -2.20. The fourth-order valence-corrected chi connectivity index (χ4v) is 2.27. The molecule has 2 heteroatoms. The Balaban J connectivity index is 2.16. The second kappa shape index (κ2) is 6.31. The molecule has 0 aliphatic heterocycles. The SMILES string of the molecule is CC(N)CC(Cc1ccccc1)c1ccccn1. The van der Waals surface area contributed by atoms with Crippen molar-refractivity contribution in [2.75, 3.05) is 0 Å². The van der Waals surface area contributed by atoms with Crippen LogP contribution < -0.4 is 5.73 Å². The number of hydrogen-bond acceptors (Lipinski definition) is 2. The van der Waals surface area contributed by atoms with Gasteiger partial charge in [0.2, 0.25) is 0 Å². The second-order valence-electron chi connectivity index (χ2n) is 4.85. The zero-order chi connectivity index (χ0) is 12.8. The molecule has 2 unspecified atom stereocenters. The van der Waals surface area contributed by atoms with Crippen LogP contribution in [-0.4, -0.2) is 11.0 Å². The van der Waals surface area contributed by atoms with Gasteiger partial charge in [-0.05, 0) is 37.5 Å². The van der Waals surface area contributed by atoms with Crippen LogP contribution in [0.15, 0.2) is 54.7 Å². The number of nitrogens with two attached hydrogens (primary N) is 1. The van der Waals surface area contributed by atoms with Crippen LogP contribution in [0.5, 0.6) is 0 Å². The molecule has 0 spiro atoms. The molecule has 94 valence electrons. The third-order valence-electron chi connectivity index (χ3n) is 3.09. The topological polar surface area (TPSA) is 38.9 Å². The highest BCUT2D eigenvalue weighted by Gasteiger charge is 2.15. The van der Waals surface area contributed by atoms with E-state index in [1.165, 1.54) is 5.56 Å². The first-order valence-corrected chi connectivity index (χ1v) is 6.46. The van der Waals surface area contributed by atoms with Gasteiger partial charge >= 0.3 is 0 Å². The highest BCUT2D eigenvalue weighted by molar-refractivity contribution is 5.20. The molecule has 1 heterocycles. The number of benzene rings is 1. The molecular weight excluding hydrogens is 220 g/mol. The average Bonchev–Trinajstić information content (AvgIpc) is 2.40. The monoisotopic (exact) mass is 240 g/mol. The lowest BCUT2D eigenvalue weighted by molar-refractivity contribution is 0.540. The van der Waals surface area contributed by atoms with Gasteiger partial charge < -0.3 is 5.73 Å². The van der Waals surface area contributed by atoms with Gasteiger partial charge in [-0.15, -0.1) is 0 Å². The summed E-state index contributed by atoms with van der Waals surface area (Å²) in [6.45, 7) is 2.06. The number of rotatable bonds is 5. The summed E-state index contributed by atoms with van der Waals surface area (Å²) in [4.78, 5) is 4.47. The van der Waals surface area contributed by atoms with E-state index >= 15 is 0 Å². The zero-order valence-electron chi connectivity index (χ0n) is 10.8. The summed E-state index contributed by atoms with van der Waals surface area (Å²) in [5.74, 6) is 0.397. The van der Waals surface area contributed by atoms with Gasteiger partial charge in [-0.1, -0.05) is 36.4 Å². The molecule has 2 nitrogen and oxygen atoms in total. The van der Waals surface area contributed by atoms with Gasteiger partial charge in [0, 0.05) is 23.9 Å². The first kappa shape index (κ1) is 12.8. The fourth-order valence-electron chi connectivity index (χ4n) is 2.27. The van der Waals surface area contributed by atoms with Gasteiger partial charge in [-0.2, -0.15) is 0 Å². The molecule has 2 N–H and O–H groups in total. The van der Waals surface area contributed by atoms with Crippen LogP contribution >= 0.6 is 0 Å². The molecule has 0 amide bonds. The van der Waals surface area contributed by atoms with E-state index < -0.39 is 0 Å². The Morgan fingerprint density at radius 1 is 1.06 bits per heavy atom. The predicted molar refractivity (Wildman–Crippen MR) is 75.4 cm³/mol. The molecule has 0 aliphatic carbocycles. The van der Waals surface area contributed by atoms with Crippen LogP contribution in [0.4, 0.5) is 0 Å². The van der Waals surface area contributed by atoms with Gasteiger partial charge in [0.05, 0.1) is 0 Å². The quantitative estimate of drug-likeness (QED) is 0.872. The van der Waals surface area contributed by atoms with E-state index in [-0.39, 0.29) is 6.04 Å². The molecule has 1 aromatic carbocycles. The summed E-state index contributed by atoms with van der Waals surface area (Å²) < 4.78 is 0. The lowest BCUT2D eigenvalue weighted by atomic mass is 9.90. The average molecular weight is 240 g/mol. The van der Waals surface area contributed by atoms with Gasteiger partial charge in [0.15, 0.2) is 0 Å². The third kappa shape index (κ3) is 3.67. The Hall–Kier alpha value is -1.67. The number of hydrogen-bond donors (Lipinski definition) is 1. The molecule has 18 heavy (non-hydrogen) atoms. The minimum Gasteiger partial charge on any atom is -0.328 e. The van der Waals surface area contributed by atoms with Crippen molar-refractivity contribution in [2.24, 2.45) is 5.73 Å². The number of aromatic nitrogens is 1. The largest absolute Gasteiger partial charge is 0.328 e. The van der Waals surface area contributed by atoms with E-state index in [4.69, 9.17) is 5.73 Å². The van der Waals surface area contributed by atoms with Gasteiger partial charge in [0.1, 0.15) is 0 Å². The maximum Gasteiger partial charge on any atom is 0.0438 e. The molecule has 0 fully saturated rings. The van der Waals surface area contributed by atoms with Crippen LogP contribution in [0, 0.1) is 0 Å². The van der Waals surface area contributed by atoms with E-state index in [0.717, 1.165) is 18.5 Å².